The fraction of sp³-hybridized carbons (Fsp3) is 0.450. The van der Waals surface area contributed by atoms with Crippen molar-refractivity contribution in [3.05, 3.63) is 94.4 Å². The average Bonchev–Trinajstić information content (AvgIpc) is 3.41. The summed E-state index contributed by atoms with van der Waals surface area (Å²) in [7, 11) is 2.87. The Labute approximate surface area is 320 Å². The van der Waals surface area contributed by atoms with E-state index in [1.165, 1.54) is 33.3 Å². The third-order valence-corrected chi connectivity index (χ3v) is 9.82. The van der Waals surface area contributed by atoms with Crippen LogP contribution in [0, 0.1) is 11.8 Å². The number of fused-ring (bicyclic) bond motifs is 2. The molecule has 5 amide bonds. The summed E-state index contributed by atoms with van der Waals surface area (Å²) < 4.78 is 16.7. The van der Waals surface area contributed by atoms with E-state index in [-0.39, 0.29) is 54.4 Å². The summed E-state index contributed by atoms with van der Waals surface area (Å²) in [6.07, 6.45) is 3.38. The minimum absolute atomic E-state index is 0.0173. The molecule has 55 heavy (non-hydrogen) atoms. The molecule has 296 valence electrons. The van der Waals surface area contributed by atoms with Crippen LogP contribution in [0.4, 0.5) is 9.59 Å². The Morgan fingerprint density at radius 1 is 1.05 bits per heavy atom. The van der Waals surface area contributed by atoms with Crippen LogP contribution < -0.4 is 21.7 Å². The molecule has 2 aliphatic heterocycles. The number of primary amides is 1. The number of aliphatic hydroxyl groups is 1. The first-order valence-corrected chi connectivity index (χ1v) is 18.1. The first-order chi connectivity index (χ1) is 26.1. The van der Waals surface area contributed by atoms with E-state index in [4.69, 9.17) is 19.9 Å². The van der Waals surface area contributed by atoms with Crippen molar-refractivity contribution in [2.75, 3.05) is 27.3 Å². The molecule has 3 aliphatic rings. The lowest BCUT2D eigenvalue weighted by molar-refractivity contribution is -0.127. The maximum absolute atomic E-state index is 14.0. The number of ether oxygens (including phenoxy) is 3. The van der Waals surface area contributed by atoms with Crippen LogP contribution in [0.5, 0.6) is 0 Å². The number of nitrogens with zero attached hydrogens (tertiary/aromatic N) is 1. The molecular formula is C40H51N5O10. The molecular weight excluding hydrogens is 710 g/mol. The van der Waals surface area contributed by atoms with E-state index in [9.17, 15) is 33.9 Å². The number of hydrogen-bond donors (Lipinski definition) is 5. The number of hydrogen-bond acceptors (Lipinski definition) is 11. The Balaban J connectivity index is 1.62. The molecule has 1 fully saturated rings. The first kappa shape index (κ1) is 42.4. The number of benzene rings is 1. The molecule has 1 saturated heterocycles. The second-order valence-electron chi connectivity index (χ2n) is 14.0. The minimum atomic E-state index is -1.04. The lowest BCUT2D eigenvalue weighted by atomic mass is 9.85. The first-order valence-electron chi connectivity index (χ1n) is 18.1. The summed E-state index contributed by atoms with van der Waals surface area (Å²) in [4.78, 5) is 79.7. The van der Waals surface area contributed by atoms with Gasteiger partial charge in [-0.2, -0.15) is 0 Å². The van der Waals surface area contributed by atoms with Gasteiger partial charge in [0.1, 0.15) is 12.1 Å². The van der Waals surface area contributed by atoms with Crippen molar-refractivity contribution < 1.29 is 48.1 Å². The molecule has 6 N–H and O–H groups in total. The van der Waals surface area contributed by atoms with Crippen molar-refractivity contribution in [1.82, 2.24) is 20.9 Å². The van der Waals surface area contributed by atoms with Gasteiger partial charge in [-0.3, -0.25) is 24.1 Å². The molecule has 0 aromatic heterocycles. The van der Waals surface area contributed by atoms with Gasteiger partial charge in [0.05, 0.1) is 23.6 Å². The highest BCUT2D eigenvalue weighted by Gasteiger charge is 2.38. The summed E-state index contributed by atoms with van der Waals surface area (Å²) >= 11 is 0. The second kappa shape index (κ2) is 19.3. The highest BCUT2D eigenvalue weighted by Crippen LogP contribution is 2.29. The summed E-state index contributed by atoms with van der Waals surface area (Å²) in [6, 6.07) is 8.00. The molecule has 15 heteroatoms. The van der Waals surface area contributed by atoms with E-state index >= 15 is 0 Å². The van der Waals surface area contributed by atoms with Gasteiger partial charge in [-0.25, -0.2) is 9.59 Å². The van der Waals surface area contributed by atoms with Crippen molar-refractivity contribution in [1.29, 1.82) is 0 Å². The van der Waals surface area contributed by atoms with Crippen molar-refractivity contribution in [2.24, 2.45) is 17.6 Å². The van der Waals surface area contributed by atoms with E-state index in [1.54, 1.807) is 26.0 Å². The van der Waals surface area contributed by atoms with Crippen LogP contribution >= 0.6 is 0 Å². The molecule has 2 heterocycles. The van der Waals surface area contributed by atoms with E-state index in [0.29, 0.717) is 12.0 Å². The molecule has 15 nitrogen and oxygen atoms in total. The van der Waals surface area contributed by atoms with Crippen LogP contribution in [0.3, 0.4) is 0 Å². The topological polar surface area (TPSA) is 216 Å². The number of nitrogens with one attached hydrogen (secondary N) is 3. The predicted octanol–water partition coefficient (Wildman–Crippen LogP) is 2.51. The van der Waals surface area contributed by atoms with Gasteiger partial charge in [-0.1, -0.05) is 68.5 Å². The number of imide groups is 1. The Hall–Kier alpha value is -5.38. The molecule has 1 aromatic carbocycles. The molecule has 0 spiro atoms. The Morgan fingerprint density at radius 2 is 1.76 bits per heavy atom. The number of methoxy groups -OCH3 is 2. The molecule has 4 rings (SSSR count). The molecule has 1 aliphatic carbocycles. The van der Waals surface area contributed by atoms with Crippen LogP contribution in [0.15, 0.2) is 88.8 Å². The van der Waals surface area contributed by atoms with Crippen LogP contribution in [-0.2, 0) is 39.8 Å². The van der Waals surface area contributed by atoms with Crippen LogP contribution in [0.1, 0.15) is 46.1 Å². The van der Waals surface area contributed by atoms with Gasteiger partial charge in [-0.15, -0.1) is 0 Å². The van der Waals surface area contributed by atoms with Gasteiger partial charge in [-0.05, 0) is 43.7 Å². The highest BCUT2D eigenvalue weighted by molar-refractivity contribution is 6.23. The van der Waals surface area contributed by atoms with E-state index < -0.39 is 71.9 Å². The van der Waals surface area contributed by atoms with Gasteiger partial charge in [0.2, 0.25) is 11.6 Å². The quantitative estimate of drug-likeness (QED) is 0.140. The van der Waals surface area contributed by atoms with Gasteiger partial charge in [0.25, 0.3) is 11.8 Å². The third kappa shape index (κ3) is 10.9. The summed E-state index contributed by atoms with van der Waals surface area (Å²) in [5.74, 6) is -3.06. The molecule has 0 saturated carbocycles. The van der Waals surface area contributed by atoms with Crippen LogP contribution in [-0.4, -0.2) is 103 Å². The second-order valence-corrected chi connectivity index (χ2v) is 14.0. The number of nitrogens with two attached hydrogens (primary N) is 1. The number of ketones is 2. The number of carbonyl (C=O) groups excluding carboxylic acids is 6. The number of carbonyl (C=O) groups is 6. The van der Waals surface area contributed by atoms with Gasteiger partial charge in [0, 0.05) is 56.9 Å². The Morgan fingerprint density at radius 3 is 2.42 bits per heavy atom. The SMILES string of the molecule is CO[C@H]1/C=C/C=C(/C)C(=O)NC2=CC(=O)C(NCCN3C(=O)N[C@@H](Cc4ccccc4)C3=O)=C(C[C@@H](C)C[C@H](OC)[C@H](O)[C@@H](C)/C=C(\C)[C@@H]1OC(N)=O)C2=O. The van der Waals surface area contributed by atoms with Crippen molar-refractivity contribution in [3.63, 3.8) is 0 Å². The number of aliphatic hydroxyl groups excluding tert-OH is 1. The smallest absolute Gasteiger partial charge is 0.405 e. The van der Waals surface area contributed by atoms with Crippen LogP contribution in [0.25, 0.3) is 0 Å². The third-order valence-electron chi connectivity index (χ3n) is 9.82. The Kier molecular flexibility index (Phi) is 14.9. The largest absolute Gasteiger partial charge is 0.439 e. The van der Waals surface area contributed by atoms with Crippen LogP contribution in [0.2, 0.25) is 0 Å². The zero-order valence-corrected chi connectivity index (χ0v) is 32.0. The zero-order chi connectivity index (χ0) is 40.4. The lowest BCUT2D eigenvalue weighted by Crippen LogP contribution is -2.40. The number of rotatable bonds is 9. The van der Waals surface area contributed by atoms with Crippen molar-refractivity contribution in [3.8, 4) is 0 Å². The fourth-order valence-corrected chi connectivity index (χ4v) is 6.85. The summed E-state index contributed by atoms with van der Waals surface area (Å²) in [5.41, 5.74) is 6.85. The molecule has 7 atom stereocenters. The summed E-state index contributed by atoms with van der Waals surface area (Å²) in [6.45, 7) is 6.73. The Bertz CT molecular complexity index is 1800. The number of Topliss-reactive ketones (excluding diaryl/α,β-unsaturated/α-hetero) is 1. The summed E-state index contributed by atoms with van der Waals surface area (Å²) in [5, 5.41) is 19.7. The minimum Gasteiger partial charge on any atom is -0.439 e. The fourth-order valence-electron chi connectivity index (χ4n) is 6.85. The highest BCUT2D eigenvalue weighted by atomic mass is 16.6. The number of allylic oxidation sites excluding steroid dienone is 4. The molecule has 0 radical (unpaired) electrons. The van der Waals surface area contributed by atoms with Crippen molar-refractivity contribution in [2.45, 2.75) is 77.4 Å². The molecule has 2 bridgehead atoms. The zero-order valence-electron chi connectivity index (χ0n) is 32.0. The van der Waals surface area contributed by atoms with E-state index in [2.05, 4.69) is 16.0 Å². The van der Waals surface area contributed by atoms with Crippen molar-refractivity contribution >= 4 is 35.5 Å². The number of urea groups is 1. The predicted molar refractivity (Wildman–Crippen MR) is 202 cm³/mol. The average molecular weight is 762 g/mol. The van der Waals surface area contributed by atoms with E-state index in [0.717, 1.165) is 16.5 Å². The molecule has 1 aromatic rings. The maximum Gasteiger partial charge on any atom is 0.405 e. The normalized spacial score (nSPS) is 29.7. The van der Waals surface area contributed by atoms with Gasteiger partial charge >= 0.3 is 12.1 Å². The maximum atomic E-state index is 14.0. The standard InChI is InChI=1S/C40H51N5O10/c1-22-17-27-33(42-15-16-45-38(50)29(44-40(45)52)20-26-12-8-7-9-13-26)30(46)21-28(35(27)48)43-37(49)23(2)11-10-14-31(53-5)36(55-39(41)51)25(4)19-24(3)34(47)32(18-22)54-6/h7-14,19,21-22,24,29,31-32,34,36,42,47H,15-18,20H2,1-6H3,(H2,41,51)(H,43,49)(H,44,52)/b14-10+,23-11-,25-19+/t22-,24+,29+,31+,32+,34-,36+/m1/s1. The van der Waals surface area contributed by atoms with Gasteiger partial charge < -0.3 is 41.0 Å². The van der Waals surface area contributed by atoms with E-state index in [1.807, 2.05) is 37.3 Å². The monoisotopic (exact) mass is 761 g/mol. The van der Waals surface area contributed by atoms with Gasteiger partial charge in [0.15, 0.2) is 6.10 Å². The molecule has 0 unspecified atom stereocenters. The number of amides is 5. The lowest BCUT2D eigenvalue weighted by Gasteiger charge is -2.30.